The van der Waals surface area contributed by atoms with Crippen LogP contribution < -0.4 is 10.9 Å². The van der Waals surface area contributed by atoms with Crippen LogP contribution in [0.15, 0.2) is 29.1 Å². The smallest absolute Gasteiger partial charge is 0.274 e. The van der Waals surface area contributed by atoms with Gasteiger partial charge in [0.25, 0.3) is 11.5 Å². The van der Waals surface area contributed by atoms with Crippen LogP contribution in [0.2, 0.25) is 0 Å². The topological polar surface area (TPSA) is 67.2 Å². The van der Waals surface area contributed by atoms with Crippen molar-refractivity contribution in [3.63, 3.8) is 0 Å². The first-order valence-electron chi connectivity index (χ1n) is 9.48. The van der Waals surface area contributed by atoms with Gasteiger partial charge in [0.05, 0.1) is 5.39 Å². The highest BCUT2D eigenvalue weighted by molar-refractivity contribution is 6.04. The van der Waals surface area contributed by atoms with Gasteiger partial charge in [0, 0.05) is 18.5 Å². The standard InChI is InChI=1S/C20H30N4O2/c1-5-23(6-2)13-9-12-21-19(25)18-16-10-7-8-11-17(16)20(26)24(22-18)14-15(3)4/h7-8,10-11,15H,5-6,9,12-14H2,1-4H3,(H,21,25). The molecule has 0 atom stereocenters. The molecule has 0 unspecified atom stereocenters. The summed E-state index contributed by atoms with van der Waals surface area (Å²) in [7, 11) is 0. The molecular formula is C20H30N4O2. The van der Waals surface area contributed by atoms with Gasteiger partial charge in [0.2, 0.25) is 0 Å². The van der Waals surface area contributed by atoms with E-state index in [1.54, 1.807) is 12.1 Å². The molecule has 0 aliphatic rings. The van der Waals surface area contributed by atoms with Crippen molar-refractivity contribution in [1.29, 1.82) is 0 Å². The average Bonchev–Trinajstić information content (AvgIpc) is 2.63. The summed E-state index contributed by atoms with van der Waals surface area (Å²) in [6, 6.07) is 7.18. The molecule has 0 fully saturated rings. The third kappa shape index (κ3) is 4.91. The molecule has 0 aliphatic carbocycles. The molecule has 0 bridgehead atoms. The highest BCUT2D eigenvalue weighted by Gasteiger charge is 2.16. The van der Waals surface area contributed by atoms with Crippen molar-refractivity contribution >= 4 is 16.7 Å². The molecule has 0 spiro atoms. The van der Waals surface area contributed by atoms with Crippen LogP contribution in [0.5, 0.6) is 0 Å². The predicted octanol–water partition coefficient (Wildman–Crippen LogP) is 2.51. The second-order valence-corrected chi connectivity index (χ2v) is 6.91. The molecular weight excluding hydrogens is 328 g/mol. The quantitative estimate of drug-likeness (QED) is 0.700. The van der Waals surface area contributed by atoms with Crippen molar-refractivity contribution in [1.82, 2.24) is 20.0 Å². The summed E-state index contributed by atoms with van der Waals surface area (Å²) in [5.74, 6) is 0.0459. The summed E-state index contributed by atoms with van der Waals surface area (Å²) in [4.78, 5) is 27.6. The molecule has 0 saturated carbocycles. The van der Waals surface area contributed by atoms with Crippen molar-refractivity contribution in [3.05, 3.63) is 40.3 Å². The zero-order valence-electron chi connectivity index (χ0n) is 16.3. The molecule has 0 radical (unpaired) electrons. The normalized spacial score (nSPS) is 11.5. The number of carbonyl (C=O) groups excluding carboxylic acids is 1. The Hall–Kier alpha value is -2.21. The summed E-state index contributed by atoms with van der Waals surface area (Å²) in [5, 5.41) is 8.47. The number of hydrogen-bond donors (Lipinski definition) is 1. The molecule has 26 heavy (non-hydrogen) atoms. The van der Waals surface area contributed by atoms with Gasteiger partial charge in [-0.15, -0.1) is 0 Å². The summed E-state index contributed by atoms with van der Waals surface area (Å²) in [6.45, 7) is 12.4. The number of nitrogens with zero attached hydrogens (tertiary/aromatic N) is 3. The highest BCUT2D eigenvalue weighted by atomic mass is 16.2. The van der Waals surface area contributed by atoms with Crippen molar-refractivity contribution in [2.75, 3.05) is 26.2 Å². The van der Waals surface area contributed by atoms with E-state index in [2.05, 4.69) is 29.2 Å². The molecule has 6 heteroatoms. The number of nitrogens with one attached hydrogen (secondary N) is 1. The number of fused-ring (bicyclic) bond motifs is 1. The van der Waals surface area contributed by atoms with E-state index in [0.717, 1.165) is 26.1 Å². The van der Waals surface area contributed by atoms with Crippen molar-refractivity contribution in [2.45, 2.75) is 40.7 Å². The molecule has 6 nitrogen and oxygen atoms in total. The molecule has 0 aliphatic heterocycles. The van der Waals surface area contributed by atoms with E-state index in [1.807, 2.05) is 26.0 Å². The molecule has 1 amide bonds. The number of carbonyl (C=O) groups is 1. The number of hydrogen-bond acceptors (Lipinski definition) is 4. The van der Waals surface area contributed by atoms with E-state index in [9.17, 15) is 9.59 Å². The lowest BCUT2D eigenvalue weighted by Crippen LogP contribution is -2.33. The maximum absolute atomic E-state index is 12.7. The van der Waals surface area contributed by atoms with Gasteiger partial charge in [-0.3, -0.25) is 9.59 Å². The zero-order chi connectivity index (χ0) is 19.1. The molecule has 2 rings (SSSR count). The lowest BCUT2D eigenvalue weighted by molar-refractivity contribution is 0.0946. The van der Waals surface area contributed by atoms with Gasteiger partial charge in [-0.2, -0.15) is 5.10 Å². The van der Waals surface area contributed by atoms with Crippen molar-refractivity contribution in [3.8, 4) is 0 Å². The van der Waals surface area contributed by atoms with Gasteiger partial charge in [0.15, 0.2) is 5.69 Å². The lowest BCUT2D eigenvalue weighted by atomic mass is 10.1. The fourth-order valence-electron chi connectivity index (χ4n) is 3.00. The largest absolute Gasteiger partial charge is 0.351 e. The first-order chi connectivity index (χ1) is 12.5. The van der Waals surface area contributed by atoms with Crippen LogP contribution in [0.1, 0.15) is 44.6 Å². The van der Waals surface area contributed by atoms with E-state index in [-0.39, 0.29) is 17.4 Å². The SMILES string of the molecule is CCN(CC)CCCNC(=O)c1nn(CC(C)C)c(=O)c2ccccc12. The van der Waals surface area contributed by atoms with E-state index in [1.165, 1.54) is 4.68 Å². The van der Waals surface area contributed by atoms with Crippen molar-refractivity contribution in [2.24, 2.45) is 5.92 Å². The molecule has 142 valence electrons. The minimum absolute atomic E-state index is 0.146. The Morgan fingerprint density at radius 1 is 1.19 bits per heavy atom. The highest BCUT2D eigenvalue weighted by Crippen LogP contribution is 2.13. The van der Waals surface area contributed by atoms with Gasteiger partial charge >= 0.3 is 0 Å². The molecule has 1 aromatic heterocycles. The van der Waals surface area contributed by atoms with Crippen molar-refractivity contribution < 1.29 is 4.79 Å². The number of aromatic nitrogens is 2. The number of rotatable bonds is 9. The minimum Gasteiger partial charge on any atom is -0.351 e. The van der Waals surface area contributed by atoms with Gasteiger partial charge in [-0.05, 0) is 38.0 Å². The Kier molecular flexibility index (Phi) is 7.33. The zero-order valence-corrected chi connectivity index (χ0v) is 16.3. The van der Waals surface area contributed by atoms with Crippen LogP contribution in [-0.4, -0.2) is 46.8 Å². The monoisotopic (exact) mass is 358 g/mol. The average molecular weight is 358 g/mol. The van der Waals surface area contributed by atoms with Crippen LogP contribution >= 0.6 is 0 Å². The van der Waals surface area contributed by atoms with Crippen LogP contribution in [0, 0.1) is 5.92 Å². The summed E-state index contributed by atoms with van der Waals surface area (Å²) < 4.78 is 1.41. The lowest BCUT2D eigenvalue weighted by Gasteiger charge is -2.17. The maximum atomic E-state index is 12.7. The van der Waals surface area contributed by atoms with E-state index in [4.69, 9.17) is 0 Å². The Morgan fingerprint density at radius 3 is 2.46 bits per heavy atom. The molecule has 2 aromatic rings. The second kappa shape index (κ2) is 9.48. The summed E-state index contributed by atoms with van der Waals surface area (Å²) >= 11 is 0. The maximum Gasteiger partial charge on any atom is 0.274 e. The Balaban J connectivity index is 2.20. The Labute approximate surface area is 155 Å². The third-order valence-corrected chi connectivity index (χ3v) is 4.45. The van der Waals surface area contributed by atoms with E-state index < -0.39 is 0 Å². The predicted molar refractivity (Wildman–Crippen MR) is 106 cm³/mol. The van der Waals surface area contributed by atoms with Crippen LogP contribution in [-0.2, 0) is 6.54 Å². The van der Waals surface area contributed by atoms with Crippen LogP contribution in [0.3, 0.4) is 0 Å². The van der Waals surface area contributed by atoms with Gasteiger partial charge in [-0.25, -0.2) is 4.68 Å². The summed E-state index contributed by atoms with van der Waals surface area (Å²) in [5.41, 5.74) is 0.177. The molecule has 1 heterocycles. The fraction of sp³-hybridized carbons (Fsp3) is 0.550. The van der Waals surface area contributed by atoms with Gasteiger partial charge in [-0.1, -0.05) is 45.9 Å². The van der Waals surface area contributed by atoms with E-state index in [0.29, 0.717) is 29.6 Å². The van der Waals surface area contributed by atoms with Crippen LogP contribution in [0.25, 0.3) is 10.8 Å². The fourth-order valence-corrected chi connectivity index (χ4v) is 3.00. The number of amides is 1. The van der Waals surface area contributed by atoms with Gasteiger partial charge < -0.3 is 10.2 Å². The molecule has 1 aromatic carbocycles. The first kappa shape index (κ1) is 20.1. The third-order valence-electron chi connectivity index (χ3n) is 4.45. The Morgan fingerprint density at radius 2 is 1.85 bits per heavy atom. The summed E-state index contributed by atoms with van der Waals surface area (Å²) in [6.07, 6.45) is 0.886. The van der Waals surface area contributed by atoms with E-state index >= 15 is 0 Å². The van der Waals surface area contributed by atoms with Crippen LogP contribution in [0.4, 0.5) is 0 Å². The number of benzene rings is 1. The minimum atomic E-state index is -0.224. The second-order valence-electron chi connectivity index (χ2n) is 6.91. The first-order valence-corrected chi connectivity index (χ1v) is 9.48. The van der Waals surface area contributed by atoms with Gasteiger partial charge in [0.1, 0.15) is 0 Å². The molecule has 0 saturated heterocycles. The Bertz CT molecular complexity index is 794. The molecule has 1 N–H and O–H groups in total.